The van der Waals surface area contributed by atoms with Gasteiger partial charge in [0.05, 0.1) is 5.69 Å². The number of benzene rings is 8. The van der Waals surface area contributed by atoms with Gasteiger partial charge in [-0.25, -0.2) is 0 Å². The molecule has 2 aliphatic heterocycles. The van der Waals surface area contributed by atoms with Crippen LogP contribution in [0.2, 0.25) is 0 Å². The SMILES string of the molecule is [2H]C([2H])([2H])c1cc2c3c(c1)N(c1ccc(C(C)(C)C)cc1-c1ccccc1)c1ccc(C(C)(C)C)cc1B3c1cc3c(cc1N2c1cc2c(cc1C)C(C)(C)c1ccccc1C2(C)C)C(C)(C)c1ccccc1C3(C)C. The number of nitrogens with zero attached hydrogens (tertiary/aromatic N) is 2. The van der Waals surface area contributed by atoms with E-state index in [9.17, 15) is 4.11 Å². The average Bonchev–Trinajstić information content (AvgIpc) is 3.50. The lowest BCUT2D eigenvalue weighted by Gasteiger charge is -2.49. The summed E-state index contributed by atoms with van der Waals surface area (Å²) in [6, 6.07) is 56.9. The van der Waals surface area contributed by atoms with Crippen LogP contribution in [0.1, 0.15) is 168 Å². The third-order valence-electron chi connectivity index (χ3n) is 18.1. The first-order chi connectivity index (χ1) is 35.5. The molecule has 8 aromatic rings. The van der Waals surface area contributed by atoms with Crippen molar-refractivity contribution in [3.05, 3.63) is 218 Å². The zero-order valence-corrected chi connectivity index (χ0v) is 45.9. The monoisotopic (exact) mass is 956 g/mol. The second kappa shape index (κ2) is 15.5. The number of hydrogen-bond acceptors (Lipinski definition) is 2. The van der Waals surface area contributed by atoms with Crippen molar-refractivity contribution >= 4 is 57.2 Å². The van der Waals surface area contributed by atoms with E-state index in [0.717, 1.165) is 56.3 Å². The largest absolute Gasteiger partial charge is 0.311 e. The highest BCUT2D eigenvalue weighted by molar-refractivity contribution is 7.00. The number of anilines is 6. The fourth-order valence-electron chi connectivity index (χ4n) is 13.8. The lowest BCUT2D eigenvalue weighted by atomic mass is 9.33. The van der Waals surface area contributed by atoms with Crippen molar-refractivity contribution in [1.82, 2.24) is 0 Å². The molecule has 12 rings (SSSR count). The Kier molecular flexibility index (Phi) is 9.32. The smallest absolute Gasteiger partial charge is 0.252 e. The summed E-state index contributed by atoms with van der Waals surface area (Å²) in [6.07, 6.45) is 0. The Hall–Kier alpha value is -6.58. The molecule has 0 atom stereocenters. The van der Waals surface area contributed by atoms with Crippen LogP contribution in [-0.4, -0.2) is 6.71 Å². The van der Waals surface area contributed by atoms with Gasteiger partial charge in [0.25, 0.3) is 6.71 Å². The highest BCUT2D eigenvalue weighted by Gasteiger charge is 2.49. The highest BCUT2D eigenvalue weighted by Crippen LogP contribution is 2.56. The van der Waals surface area contributed by atoms with Gasteiger partial charge in [-0.2, -0.15) is 0 Å². The molecule has 0 saturated carbocycles. The Morgan fingerprint density at radius 1 is 0.397 bits per heavy atom. The molecule has 8 aromatic carbocycles. The van der Waals surface area contributed by atoms with Gasteiger partial charge in [0.2, 0.25) is 0 Å². The van der Waals surface area contributed by atoms with Crippen LogP contribution in [0.5, 0.6) is 0 Å². The van der Waals surface area contributed by atoms with E-state index in [-0.39, 0.29) is 39.2 Å². The summed E-state index contributed by atoms with van der Waals surface area (Å²) in [5, 5.41) is 0. The Morgan fingerprint density at radius 2 is 0.822 bits per heavy atom. The molecule has 0 aromatic heterocycles. The number of fused-ring (bicyclic) bond motifs is 8. The van der Waals surface area contributed by atoms with Crippen molar-refractivity contribution in [3.63, 3.8) is 0 Å². The van der Waals surface area contributed by atoms with Crippen molar-refractivity contribution in [2.24, 2.45) is 0 Å². The minimum absolute atomic E-state index is 0.111. The zero-order chi connectivity index (χ0) is 54.2. The quantitative estimate of drug-likeness (QED) is 0.163. The highest BCUT2D eigenvalue weighted by atomic mass is 15.2. The van der Waals surface area contributed by atoms with E-state index in [0.29, 0.717) is 5.56 Å². The van der Waals surface area contributed by atoms with E-state index < -0.39 is 6.85 Å². The topological polar surface area (TPSA) is 6.48 Å². The van der Waals surface area contributed by atoms with Crippen LogP contribution in [0.4, 0.5) is 34.1 Å². The van der Waals surface area contributed by atoms with Crippen LogP contribution < -0.4 is 26.2 Å². The molecule has 2 heterocycles. The Morgan fingerprint density at radius 3 is 1.33 bits per heavy atom. The molecule has 0 saturated heterocycles. The van der Waals surface area contributed by atoms with E-state index in [1.807, 2.05) is 12.1 Å². The average molecular weight is 956 g/mol. The third-order valence-corrected chi connectivity index (χ3v) is 18.1. The molecule has 0 bridgehead atoms. The lowest BCUT2D eigenvalue weighted by molar-refractivity contribution is 0.520. The van der Waals surface area contributed by atoms with Gasteiger partial charge in [0.1, 0.15) is 0 Å². The van der Waals surface area contributed by atoms with Crippen molar-refractivity contribution in [3.8, 4) is 11.1 Å². The van der Waals surface area contributed by atoms with Gasteiger partial charge in [-0.3, -0.25) is 0 Å². The second-order valence-corrected chi connectivity index (χ2v) is 26.1. The minimum Gasteiger partial charge on any atom is -0.311 e. The van der Waals surface area contributed by atoms with Crippen molar-refractivity contribution in [2.75, 3.05) is 9.80 Å². The molecule has 3 heteroatoms. The summed E-state index contributed by atoms with van der Waals surface area (Å²) in [4.78, 5) is 4.93. The molecule has 0 spiro atoms. The molecule has 0 unspecified atom stereocenters. The molecule has 2 nitrogen and oxygen atoms in total. The Balaban J connectivity index is 1.25. The van der Waals surface area contributed by atoms with Crippen LogP contribution in [0.3, 0.4) is 0 Å². The van der Waals surface area contributed by atoms with E-state index in [2.05, 4.69) is 253 Å². The summed E-state index contributed by atoms with van der Waals surface area (Å²) in [7, 11) is 0. The van der Waals surface area contributed by atoms with Gasteiger partial charge in [-0.15, -0.1) is 0 Å². The van der Waals surface area contributed by atoms with E-state index in [1.165, 1.54) is 66.6 Å². The molecule has 2 aliphatic carbocycles. The van der Waals surface area contributed by atoms with Gasteiger partial charge < -0.3 is 9.80 Å². The van der Waals surface area contributed by atoms with E-state index in [1.54, 1.807) is 0 Å². The number of hydrogen-bond donors (Lipinski definition) is 0. The van der Waals surface area contributed by atoms with Crippen LogP contribution in [0.15, 0.2) is 152 Å². The fourth-order valence-corrected chi connectivity index (χ4v) is 13.8. The first kappa shape index (κ1) is 44.0. The maximum atomic E-state index is 9.35. The third kappa shape index (κ3) is 6.75. The molecule has 4 aliphatic rings. The van der Waals surface area contributed by atoms with Crippen LogP contribution in [0.25, 0.3) is 11.1 Å². The molecule has 0 amide bonds. The standard InChI is InChI=1S/C70H73BN2/c1-42-34-62-64-63(35-42)73(60-40-54-52(36-43(60)2)67(9,10)48-26-20-22-28-50(48)69(54,13)14)61-41-55-53(68(11,12)49-27-21-23-29-51(49)70(55,15)16)39-57(61)71(64)56-38-46(66(6,7)8)31-33-59(56)72(62)58-32-30-45(65(3,4)5)37-47(58)44-24-18-17-19-25-44/h17-41H,1-16H3/i1D3. The molecule has 0 N–H and O–H groups in total. The van der Waals surface area contributed by atoms with Crippen molar-refractivity contribution in [2.45, 2.75) is 143 Å². The molecule has 0 fully saturated rings. The minimum atomic E-state index is -2.42. The van der Waals surface area contributed by atoms with Gasteiger partial charge in [0.15, 0.2) is 0 Å². The predicted octanol–water partition coefficient (Wildman–Crippen LogP) is 16.6. The zero-order valence-electron chi connectivity index (χ0n) is 48.9. The van der Waals surface area contributed by atoms with E-state index >= 15 is 0 Å². The summed E-state index contributed by atoms with van der Waals surface area (Å²) in [6.45, 7) is 32.5. The molecule has 366 valence electrons. The number of rotatable bonds is 3. The number of aryl methyl sites for hydroxylation is 2. The summed E-state index contributed by atoms with van der Waals surface area (Å²) in [5.41, 5.74) is 25.0. The summed E-state index contributed by atoms with van der Waals surface area (Å²) >= 11 is 0. The van der Waals surface area contributed by atoms with Crippen LogP contribution >= 0.6 is 0 Å². The van der Waals surface area contributed by atoms with Gasteiger partial charge in [-0.1, -0.05) is 206 Å². The first-order valence-electron chi connectivity index (χ1n) is 28.2. The van der Waals surface area contributed by atoms with Crippen molar-refractivity contribution < 1.29 is 4.11 Å². The molecular weight excluding hydrogens is 880 g/mol. The van der Waals surface area contributed by atoms with Gasteiger partial charge >= 0.3 is 0 Å². The van der Waals surface area contributed by atoms with Crippen LogP contribution in [-0.2, 0) is 32.5 Å². The maximum Gasteiger partial charge on any atom is 0.252 e. The first-order valence-corrected chi connectivity index (χ1v) is 26.7. The molecule has 0 radical (unpaired) electrons. The fraction of sp³-hybridized carbons (Fsp3) is 0.314. The molecular formula is C70H73BN2. The van der Waals surface area contributed by atoms with Crippen molar-refractivity contribution in [1.29, 1.82) is 0 Å². The molecule has 73 heavy (non-hydrogen) atoms. The van der Waals surface area contributed by atoms with Crippen LogP contribution in [0, 0.1) is 13.8 Å². The Labute approximate surface area is 441 Å². The summed E-state index contributed by atoms with van der Waals surface area (Å²) < 4.78 is 28.0. The van der Waals surface area contributed by atoms with E-state index in [4.69, 9.17) is 0 Å². The Bertz CT molecular complexity index is 3750. The van der Waals surface area contributed by atoms with Gasteiger partial charge in [-0.05, 0) is 156 Å². The predicted molar refractivity (Wildman–Crippen MR) is 314 cm³/mol. The maximum absolute atomic E-state index is 9.35. The van der Waals surface area contributed by atoms with Gasteiger partial charge in [0, 0.05) is 59.8 Å². The summed E-state index contributed by atoms with van der Waals surface area (Å²) in [5.74, 6) is 0. The second-order valence-electron chi connectivity index (χ2n) is 26.1. The normalized spacial score (nSPS) is 17.9. The lowest BCUT2D eigenvalue weighted by Crippen LogP contribution is -2.62.